The maximum atomic E-state index is 12.8. The summed E-state index contributed by atoms with van der Waals surface area (Å²) in [6, 6.07) is 13.2. The molecule has 1 unspecified atom stereocenters. The molecule has 3 aromatic rings. The number of rotatable bonds is 7. The van der Waals surface area contributed by atoms with E-state index in [9.17, 15) is 8.42 Å². The minimum absolute atomic E-state index is 0.0302. The predicted molar refractivity (Wildman–Crippen MR) is 110 cm³/mol. The van der Waals surface area contributed by atoms with Crippen LogP contribution in [0.25, 0.3) is 0 Å². The number of hydrogen-bond donors (Lipinski definition) is 3. The largest absolute Gasteiger partial charge is 0.384 e. The van der Waals surface area contributed by atoms with Crippen molar-refractivity contribution in [3.63, 3.8) is 0 Å². The molecule has 1 atom stereocenters. The summed E-state index contributed by atoms with van der Waals surface area (Å²) in [4.78, 5) is 4.46. The number of benzene rings is 2. The number of hydrogen-bond acceptors (Lipinski definition) is 5. The molecule has 27 heavy (non-hydrogen) atoms. The molecule has 1 aromatic heterocycles. The first kappa shape index (κ1) is 19.7. The molecule has 0 aliphatic heterocycles. The highest BCUT2D eigenvalue weighted by atomic mass is 79.9. The number of amidine groups is 1. The third-order valence-corrected chi connectivity index (χ3v) is 6.68. The third-order valence-electron chi connectivity index (χ3n) is 3.83. The SMILES string of the molecule is N=C(N)c1cccc(CC(NS(=O)(=O)c2cccc(Br)c2)c2nccs2)c1. The van der Waals surface area contributed by atoms with Gasteiger partial charge in [0.15, 0.2) is 0 Å². The Labute approximate surface area is 170 Å². The minimum atomic E-state index is -3.73. The number of nitrogens with two attached hydrogens (primary N) is 1. The summed E-state index contributed by atoms with van der Waals surface area (Å²) >= 11 is 4.69. The number of nitrogen functional groups attached to an aromatic ring is 1. The van der Waals surface area contributed by atoms with Crippen molar-refractivity contribution in [1.29, 1.82) is 5.41 Å². The lowest BCUT2D eigenvalue weighted by Crippen LogP contribution is -2.30. The van der Waals surface area contributed by atoms with Crippen LogP contribution in [-0.2, 0) is 16.4 Å². The standard InChI is InChI=1S/C18H17BrN4O2S2/c19-14-5-2-6-15(11-14)27(24,25)23-16(18-22-7-8-26-18)10-12-3-1-4-13(9-12)17(20)21/h1-9,11,16,23H,10H2,(H3,20,21). The summed E-state index contributed by atoms with van der Waals surface area (Å²) in [6.45, 7) is 0. The fourth-order valence-electron chi connectivity index (χ4n) is 2.58. The van der Waals surface area contributed by atoms with E-state index in [-0.39, 0.29) is 10.7 Å². The third kappa shape index (κ3) is 5.01. The number of halogens is 1. The van der Waals surface area contributed by atoms with Crippen LogP contribution in [0.3, 0.4) is 0 Å². The highest BCUT2D eigenvalue weighted by molar-refractivity contribution is 9.10. The first-order valence-corrected chi connectivity index (χ1v) is 11.1. The van der Waals surface area contributed by atoms with E-state index < -0.39 is 16.1 Å². The van der Waals surface area contributed by atoms with Crippen LogP contribution < -0.4 is 10.5 Å². The molecule has 6 nitrogen and oxygen atoms in total. The molecule has 3 rings (SSSR count). The summed E-state index contributed by atoms with van der Waals surface area (Å²) in [5, 5.41) is 10.1. The Hall–Kier alpha value is -2.07. The number of thiazole rings is 1. The van der Waals surface area contributed by atoms with Gasteiger partial charge in [0, 0.05) is 21.6 Å². The Morgan fingerprint density at radius 2 is 2.04 bits per heavy atom. The molecule has 0 amide bonds. The second kappa shape index (κ2) is 8.30. The Morgan fingerprint density at radius 1 is 1.26 bits per heavy atom. The van der Waals surface area contributed by atoms with Crippen LogP contribution in [0.15, 0.2) is 69.5 Å². The number of aromatic nitrogens is 1. The van der Waals surface area contributed by atoms with Gasteiger partial charge in [0.05, 0.1) is 10.9 Å². The quantitative estimate of drug-likeness (QED) is 0.367. The van der Waals surface area contributed by atoms with Gasteiger partial charge in [-0.25, -0.2) is 18.1 Å². The Balaban J connectivity index is 1.91. The number of sulfonamides is 1. The highest BCUT2D eigenvalue weighted by Crippen LogP contribution is 2.24. The van der Waals surface area contributed by atoms with E-state index in [1.807, 2.05) is 11.4 Å². The van der Waals surface area contributed by atoms with Crippen molar-refractivity contribution in [2.45, 2.75) is 17.4 Å². The van der Waals surface area contributed by atoms with Crippen molar-refractivity contribution in [3.8, 4) is 0 Å². The lowest BCUT2D eigenvalue weighted by molar-refractivity contribution is 0.554. The molecule has 0 radical (unpaired) electrons. The molecule has 0 saturated carbocycles. The lowest BCUT2D eigenvalue weighted by atomic mass is 10.0. The number of nitrogens with zero attached hydrogens (tertiary/aromatic N) is 1. The van der Waals surface area contributed by atoms with Gasteiger partial charge in [-0.15, -0.1) is 11.3 Å². The van der Waals surface area contributed by atoms with Crippen LogP contribution in [0, 0.1) is 5.41 Å². The van der Waals surface area contributed by atoms with E-state index in [0.717, 1.165) is 5.56 Å². The molecule has 1 heterocycles. The maximum Gasteiger partial charge on any atom is 0.241 e. The lowest BCUT2D eigenvalue weighted by Gasteiger charge is -2.17. The van der Waals surface area contributed by atoms with Crippen LogP contribution in [0.4, 0.5) is 0 Å². The van der Waals surface area contributed by atoms with Crippen molar-refractivity contribution in [1.82, 2.24) is 9.71 Å². The molecular weight excluding hydrogens is 448 g/mol. The normalized spacial score (nSPS) is 12.6. The summed E-state index contributed by atoms with van der Waals surface area (Å²) in [5.41, 5.74) is 7.02. The van der Waals surface area contributed by atoms with Crippen LogP contribution in [0.5, 0.6) is 0 Å². The molecule has 0 fully saturated rings. The summed E-state index contributed by atoms with van der Waals surface area (Å²) < 4.78 is 29.1. The summed E-state index contributed by atoms with van der Waals surface area (Å²) in [5.74, 6) is -0.0302. The monoisotopic (exact) mass is 464 g/mol. The smallest absolute Gasteiger partial charge is 0.241 e. The van der Waals surface area contributed by atoms with Crippen LogP contribution in [0.1, 0.15) is 22.2 Å². The molecule has 2 aromatic carbocycles. The molecule has 4 N–H and O–H groups in total. The first-order valence-electron chi connectivity index (χ1n) is 7.96. The predicted octanol–water partition coefficient (Wildman–Crippen LogP) is 3.45. The molecule has 0 bridgehead atoms. The van der Waals surface area contributed by atoms with E-state index in [4.69, 9.17) is 11.1 Å². The average molecular weight is 465 g/mol. The van der Waals surface area contributed by atoms with E-state index in [1.165, 1.54) is 11.3 Å². The van der Waals surface area contributed by atoms with Crippen LogP contribution >= 0.6 is 27.3 Å². The van der Waals surface area contributed by atoms with Gasteiger partial charge < -0.3 is 5.73 Å². The Kier molecular flexibility index (Phi) is 6.05. The minimum Gasteiger partial charge on any atom is -0.384 e. The maximum absolute atomic E-state index is 12.8. The fourth-order valence-corrected chi connectivity index (χ4v) is 5.14. The van der Waals surface area contributed by atoms with E-state index in [1.54, 1.807) is 48.7 Å². The van der Waals surface area contributed by atoms with Crippen molar-refractivity contribution in [2.24, 2.45) is 5.73 Å². The van der Waals surface area contributed by atoms with Crippen molar-refractivity contribution in [3.05, 3.63) is 80.7 Å². The van der Waals surface area contributed by atoms with E-state index in [2.05, 4.69) is 25.6 Å². The van der Waals surface area contributed by atoms with Gasteiger partial charge in [-0.05, 0) is 36.2 Å². The van der Waals surface area contributed by atoms with Gasteiger partial charge in [0.25, 0.3) is 0 Å². The van der Waals surface area contributed by atoms with Gasteiger partial charge in [0.2, 0.25) is 10.0 Å². The van der Waals surface area contributed by atoms with Crippen LogP contribution in [-0.4, -0.2) is 19.2 Å². The molecule has 9 heteroatoms. The molecule has 0 aliphatic carbocycles. The molecule has 140 valence electrons. The van der Waals surface area contributed by atoms with E-state index >= 15 is 0 Å². The zero-order valence-electron chi connectivity index (χ0n) is 14.1. The molecular formula is C18H17BrN4O2S2. The zero-order chi connectivity index (χ0) is 19.4. The van der Waals surface area contributed by atoms with Crippen LogP contribution in [0.2, 0.25) is 0 Å². The molecule has 0 spiro atoms. The first-order chi connectivity index (χ1) is 12.8. The average Bonchev–Trinajstić information content (AvgIpc) is 3.16. The molecule has 0 aliphatic rings. The topological polar surface area (TPSA) is 109 Å². The fraction of sp³-hybridized carbons (Fsp3) is 0.111. The zero-order valence-corrected chi connectivity index (χ0v) is 17.3. The van der Waals surface area contributed by atoms with Crippen molar-refractivity contribution < 1.29 is 8.42 Å². The summed E-state index contributed by atoms with van der Waals surface area (Å²) in [7, 11) is -3.73. The van der Waals surface area contributed by atoms with Gasteiger partial charge >= 0.3 is 0 Å². The highest BCUT2D eigenvalue weighted by Gasteiger charge is 2.24. The Morgan fingerprint density at radius 3 is 2.70 bits per heavy atom. The summed E-state index contributed by atoms with van der Waals surface area (Å²) in [6.07, 6.45) is 2.04. The number of nitrogens with one attached hydrogen (secondary N) is 2. The van der Waals surface area contributed by atoms with Gasteiger partial charge in [-0.2, -0.15) is 0 Å². The van der Waals surface area contributed by atoms with Crippen molar-refractivity contribution in [2.75, 3.05) is 0 Å². The van der Waals surface area contributed by atoms with Gasteiger partial charge in [0.1, 0.15) is 10.8 Å². The second-order valence-corrected chi connectivity index (χ2v) is 9.38. The van der Waals surface area contributed by atoms with Gasteiger partial charge in [-0.3, -0.25) is 5.41 Å². The van der Waals surface area contributed by atoms with Crippen molar-refractivity contribution >= 4 is 43.1 Å². The van der Waals surface area contributed by atoms with E-state index in [0.29, 0.717) is 21.5 Å². The molecule has 0 saturated heterocycles. The van der Waals surface area contributed by atoms with Gasteiger partial charge in [-0.1, -0.05) is 40.2 Å². The second-order valence-electron chi connectivity index (χ2n) is 5.82. The Bertz CT molecular complexity index is 1050.